The third-order valence-corrected chi connectivity index (χ3v) is 4.13. The van der Waals surface area contributed by atoms with Crippen LogP contribution in [0.1, 0.15) is 45.6 Å². The van der Waals surface area contributed by atoms with Crippen LogP contribution >= 0.6 is 15.9 Å². The molecule has 6 heteroatoms. The summed E-state index contributed by atoms with van der Waals surface area (Å²) in [5, 5.41) is 2.72. The molecule has 0 saturated heterocycles. The van der Waals surface area contributed by atoms with E-state index in [2.05, 4.69) is 21.2 Å². The van der Waals surface area contributed by atoms with Gasteiger partial charge in [-0.15, -0.1) is 0 Å². The Balaban J connectivity index is 2.18. The van der Waals surface area contributed by atoms with Crippen molar-refractivity contribution in [3.8, 4) is 0 Å². The zero-order valence-corrected chi connectivity index (χ0v) is 15.4. The third kappa shape index (κ3) is 4.25. The number of alkyl carbamates (subject to hydrolysis) is 1. The number of rotatable bonds is 4. The molecule has 23 heavy (non-hydrogen) atoms. The van der Waals surface area contributed by atoms with E-state index >= 15 is 0 Å². The van der Waals surface area contributed by atoms with Crippen LogP contribution in [-0.2, 0) is 14.3 Å². The number of esters is 1. The van der Waals surface area contributed by atoms with E-state index < -0.39 is 23.2 Å². The Kier molecular flexibility index (Phi) is 5.04. The van der Waals surface area contributed by atoms with Crippen molar-refractivity contribution in [2.45, 2.75) is 51.2 Å². The molecule has 1 amide bonds. The largest absolute Gasteiger partial charge is 0.464 e. The van der Waals surface area contributed by atoms with Crippen LogP contribution in [0.5, 0.6) is 0 Å². The first kappa shape index (κ1) is 17.8. The quantitative estimate of drug-likeness (QED) is 0.803. The standard InChI is InChI=1S/C17H22BrNO4/c1-5-22-14(20)17(19-15(21)23-16(2,3)4)10-13(17)11-6-8-12(18)9-7-11/h6-9,13H,5,10H2,1-4H3,(H,19,21)/t13-,17+/m1/s1. The summed E-state index contributed by atoms with van der Waals surface area (Å²) in [5.41, 5.74) is -0.675. The molecular weight excluding hydrogens is 362 g/mol. The topological polar surface area (TPSA) is 64.6 Å². The van der Waals surface area contributed by atoms with E-state index in [1.54, 1.807) is 27.7 Å². The third-order valence-electron chi connectivity index (χ3n) is 3.60. The highest BCUT2D eigenvalue weighted by molar-refractivity contribution is 9.10. The predicted molar refractivity (Wildman–Crippen MR) is 90.2 cm³/mol. The Bertz CT molecular complexity index is 594. The number of nitrogens with one attached hydrogen (secondary N) is 1. The van der Waals surface area contributed by atoms with Crippen molar-refractivity contribution < 1.29 is 19.1 Å². The molecule has 5 nitrogen and oxygen atoms in total. The van der Waals surface area contributed by atoms with Gasteiger partial charge in [0.1, 0.15) is 11.1 Å². The number of halogens is 1. The van der Waals surface area contributed by atoms with Crippen LogP contribution in [0.15, 0.2) is 28.7 Å². The number of benzene rings is 1. The Hall–Kier alpha value is -1.56. The highest BCUT2D eigenvalue weighted by Gasteiger charge is 2.63. The number of hydrogen-bond acceptors (Lipinski definition) is 4. The van der Waals surface area contributed by atoms with Crippen molar-refractivity contribution in [1.82, 2.24) is 5.32 Å². The van der Waals surface area contributed by atoms with Gasteiger partial charge in [-0.2, -0.15) is 0 Å². The maximum absolute atomic E-state index is 12.4. The van der Waals surface area contributed by atoms with Crippen LogP contribution < -0.4 is 5.32 Å². The fraction of sp³-hybridized carbons (Fsp3) is 0.529. The minimum Gasteiger partial charge on any atom is -0.464 e. The van der Waals surface area contributed by atoms with Crippen molar-refractivity contribution in [3.63, 3.8) is 0 Å². The summed E-state index contributed by atoms with van der Waals surface area (Å²) in [5.74, 6) is -0.527. The Morgan fingerprint density at radius 2 is 1.91 bits per heavy atom. The summed E-state index contributed by atoms with van der Waals surface area (Å²) >= 11 is 3.39. The maximum Gasteiger partial charge on any atom is 0.408 e. The molecule has 1 aromatic rings. The predicted octanol–water partition coefficient (Wildman–Crippen LogP) is 3.76. The van der Waals surface area contributed by atoms with Gasteiger partial charge >= 0.3 is 12.1 Å². The van der Waals surface area contributed by atoms with Crippen molar-refractivity contribution in [2.75, 3.05) is 6.61 Å². The van der Waals surface area contributed by atoms with Gasteiger partial charge in [-0.1, -0.05) is 28.1 Å². The van der Waals surface area contributed by atoms with Crippen LogP contribution in [0, 0.1) is 0 Å². The number of amides is 1. The average molecular weight is 384 g/mol. The van der Waals surface area contributed by atoms with Gasteiger partial charge in [0.25, 0.3) is 0 Å². The zero-order valence-electron chi connectivity index (χ0n) is 13.8. The molecule has 1 saturated carbocycles. The molecule has 2 atom stereocenters. The maximum atomic E-state index is 12.4. The Labute approximate surface area is 144 Å². The van der Waals surface area contributed by atoms with Gasteiger partial charge in [0.15, 0.2) is 0 Å². The normalized spacial score (nSPS) is 23.1. The van der Waals surface area contributed by atoms with E-state index in [0.29, 0.717) is 6.42 Å². The minimum absolute atomic E-state index is 0.109. The highest BCUT2D eigenvalue weighted by Crippen LogP contribution is 2.52. The molecule has 1 aliphatic carbocycles. The smallest absolute Gasteiger partial charge is 0.408 e. The molecule has 1 aromatic carbocycles. The second-order valence-electron chi connectivity index (χ2n) is 6.63. The summed E-state index contributed by atoms with van der Waals surface area (Å²) in [6.45, 7) is 7.36. The molecule has 126 valence electrons. The van der Waals surface area contributed by atoms with E-state index in [-0.39, 0.29) is 12.5 Å². The molecule has 2 rings (SSSR count). The molecule has 1 aliphatic rings. The lowest BCUT2D eigenvalue weighted by atomic mass is 10.1. The summed E-state index contributed by atoms with van der Waals surface area (Å²) in [7, 11) is 0. The SMILES string of the molecule is CCOC(=O)[C@]1(NC(=O)OC(C)(C)C)C[C@@H]1c1ccc(Br)cc1. The van der Waals surface area contributed by atoms with Crippen LogP contribution in [-0.4, -0.2) is 29.8 Å². The number of carbonyl (C=O) groups excluding carboxylic acids is 2. The summed E-state index contributed by atoms with van der Waals surface area (Å²) in [6, 6.07) is 7.70. The molecule has 0 bridgehead atoms. The molecule has 0 aliphatic heterocycles. The zero-order chi connectivity index (χ0) is 17.3. The minimum atomic E-state index is -1.04. The van der Waals surface area contributed by atoms with Gasteiger partial charge in [0.2, 0.25) is 0 Å². The van der Waals surface area contributed by atoms with E-state index in [4.69, 9.17) is 9.47 Å². The molecular formula is C17H22BrNO4. The number of ether oxygens (including phenoxy) is 2. The van der Waals surface area contributed by atoms with Crippen molar-refractivity contribution >= 4 is 28.0 Å². The number of carbonyl (C=O) groups is 2. The Morgan fingerprint density at radius 1 is 1.30 bits per heavy atom. The summed E-state index contributed by atoms with van der Waals surface area (Å²) in [4.78, 5) is 24.5. The van der Waals surface area contributed by atoms with Gasteiger partial charge in [0.05, 0.1) is 6.61 Å². The molecule has 0 unspecified atom stereocenters. The van der Waals surface area contributed by atoms with Gasteiger partial charge in [-0.25, -0.2) is 9.59 Å². The fourth-order valence-electron chi connectivity index (χ4n) is 2.52. The van der Waals surface area contributed by atoms with Crippen molar-refractivity contribution in [2.24, 2.45) is 0 Å². The first-order valence-electron chi connectivity index (χ1n) is 7.62. The first-order valence-corrected chi connectivity index (χ1v) is 8.41. The van der Waals surface area contributed by atoms with Crippen molar-refractivity contribution in [3.05, 3.63) is 34.3 Å². The number of hydrogen-bond donors (Lipinski definition) is 1. The monoisotopic (exact) mass is 383 g/mol. The second kappa shape index (κ2) is 6.51. The van der Waals surface area contributed by atoms with Crippen LogP contribution in [0.4, 0.5) is 4.79 Å². The van der Waals surface area contributed by atoms with Crippen LogP contribution in [0.25, 0.3) is 0 Å². The molecule has 0 radical (unpaired) electrons. The van der Waals surface area contributed by atoms with E-state index in [9.17, 15) is 9.59 Å². The van der Waals surface area contributed by atoms with Crippen LogP contribution in [0.2, 0.25) is 0 Å². The van der Waals surface area contributed by atoms with Gasteiger partial charge in [-0.3, -0.25) is 0 Å². The first-order chi connectivity index (χ1) is 10.7. The lowest BCUT2D eigenvalue weighted by Gasteiger charge is -2.23. The summed E-state index contributed by atoms with van der Waals surface area (Å²) < 4.78 is 11.4. The molecule has 1 fully saturated rings. The van der Waals surface area contributed by atoms with Gasteiger partial charge in [0, 0.05) is 10.4 Å². The van der Waals surface area contributed by atoms with E-state index in [1.807, 2.05) is 24.3 Å². The molecule has 1 N–H and O–H groups in total. The fourth-order valence-corrected chi connectivity index (χ4v) is 2.79. The molecule has 0 aromatic heterocycles. The summed E-state index contributed by atoms with van der Waals surface area (Å²) in [6.07, 6.45) is -0.0997. The second-order valence-corrected chi connectivity index (χ2v) is 7.54. The average Bonchev–Trinajstić information content (AvgIpc) is 3.13. The van der Waals surface area contributed by atoms with Crippen LogP contribution in [0.3, 0.4) is 0 Å². The molecule has 0 heterocycles. The van der Waals surface area contributed by atoms with Gasteiger partial charge in [-0.05, 0) is 51.8 Å². The molecule has 0 spiro atoms. The van der Waals surface area contributed by atoms with Gasteiger partial charge < -0.3 is 14.8 Å². The lowest BCUT2D eigenvalue weighted by molar-refractivity contribution is -0.147. The Morgan fingerprint density at radius 3 is 2.43 bits per heavy atom. The van der Waals surface area contributed by atoms with Crippen molar-refractivity contribution in [1.29, 1.82) is 0 Å². The van der Waals surface area contributed by atoms with E-state index in [1.165, 1.54) is 0 Å². The highest BCUT2D eigenvalue weighted by atomic mass is 79.9. The van der Waals surface area contributed by atoms with E-state index in [0.717, 1.165) is 10.0 Å². The lowest BCUT2D eigenvalue weighted by Crippen LogP contribution is -2.47.